The van der Waals surface area contributed by atoms with E-state index in [9.17, 15) is 8.42 Å². The van der Waals surface area contributed by atoms with Gasteiger partial charge in [-0.05, 0) is 24.1 Å². The average molecular weight is 227 g/mol. The van der Waals surface area contributed by atoms with Gasteiger partial charge in [0.1, 0.15) is 5.82 Å². The lowest BCUT2D eigenvalue weighted by Gasteiger charge is -2.13. The molecule has 1 aliphatic rings. The van der Waals surface area contributed by atoms with Gasteiger partial charge in [0.2, 0.25) is 10.0 Å². The van der Waals surface area contributed by atoms with Gasteiger partial charge in [-0.15, -0.1) is 0 Å². The predicted octanol–water partition coefficient (Wildman–Crippen LogP) is 0.199. The van der Waals surface area contributed by atoms with E-state index in [1.807, 2.05) is 0 Å². The van der Waals surface area contributed by atoms with Crippen molar-refractivity contribution in [3.63, 3.8) is 0 Å². The fraction of sp³-hybridized carbons (Fsp3) is 0.444. The molecule has 82 valence electrons. The minimum Gasteiger partial charge on any atom is -0.384 e. The molecule has 1 fully saturated rings. The highest BCUT2D eigenvalue weighted by Crippen LogP contribution is 2.17. The van der Waals surface area contributed by atoms with Crippen LogP contribution in [0.25, 0.3) is 0 Å². The maximum atomic E-state index is 11.5. The summed E-state index contributed by atoms with van der Waals surface area (Å²) in [5, 5.41) is 0. The Morgan fingerprint density at radius 3 is 2.93 bits per heavy atom. The molecule has 1 aromatic heterocycles. The number of nitrogen functional groups attached to an aromatic ring is 1. The summed E-state index contributed by atoms with van der Waals surface area (Å²) in [7, 11) is -3.03. The Kier molecular flexibility index (Phi) is 2.62. The first-order valence-electron chi connectivity index (χ1n) is 4.76. The van der Waals surface area contributed by atoms with E-state index in [2.05, 4.69) is 4.98 Å². The summed E-state index contributed by atoms with van der Waals surface area (Å²) >= 11 is 0. The standard InChI is InChI=1S/C9H13N3O2S/c10-9-6-8(2-3-11-9)7-12-4-1-5-15(12,13)14/h2-3,6H,1,4-5,7H2,(H2,10,11). The Balaban J connectivity index is 2.16. The van der Waals surface area contributed by atoms with Crippen LogP contribution in [0.1, 0.15) is 12.0 Å². The summed E-state index contributed by atoms with van der Waals surface area (Å²) in [5.74, 6) is 0.678. The summed E-state index contributed by atoms with van der Waals surface area (Å²) < 4.78 is 24.5. The molecular formula is C9H13N3O2S. The Morgan fingerprint density at radius 1 is 1.53 bits per heavy atom. The van der Waals surface area contributed by atoms with Crippen LogP contribution in [-0.4, -0.2) is 30.0 Å². The van der Waals surface area contributed by atoms with Gasteiger partial charge in [-0.25, -0.2) is 13.4 Å². The number of nitrogens with zero attached hydrogens (tertiary/aromatic N) is 2. The van der Waals surface area contributed by atoms with E-state index in [4.69, 9.17) is 5.73 Å². The van der Waals surface area contributed by atoms with Crippen molar-refractivity contribution in [1.29, 1.82) is 0 Å². The lowest BCUT2D eigenvalue weighted by Crippen LogP contribution is -2.25. The molecule has 0 amide bonds. The zero-order valence-electron chi connectivity index (χ0n) is 8.26. The van der Waals surface area contributed by atoms with Crippen molar-refractivity contribution in [1.82, 2.24) is 9.29 Å². The van der Waals surface area contributed by atoms with Crippen molar-refractivity contribution >= 4 is 15.8 Å². The quantitative estimate of drug-likeness (QED) is 0.783. The molecule has 1 aromatic rings. The summed E-state index contributed by atoms with van der Waals surface area (Å²) in [6.45, 7) is 1.000. The van der Waals surface area contributed by atoms with Gasteiger partial charge in [0.15, 0.2) is 0 Å². The van der Waals surface area contributed by atoms with Crippen molar-refractivity contribution in [2.45, 2.75) is 13.0 Å². The van der Waals surface area contributed by atoms with Gasteiger partial charge in [-0.2, -0.15) is 4.31 Å². The van der Waals surface area contributed by atoms with Crippen LogP contribution in [0, 0.1) is 0 Å². The molecule has 2 N–H and O–H groups in total. The molecule has 0 saturated carbocycles. The van der Waals surface area contributed by atoms with E-state index >= 15 is 0 Å². The van der Waals surface area contributed by atoms with E-state index in [0.29, 0.717) is 25.3 Å². The van der Waals surface area contributed by atoms with Gasteiger partial charge in [-0.3, -0.25) is 0 Å². The predicted molar refractivity (Wildman–Crippen MR) is 57.5 cm³/mol. The third kappa shape index (κ3) is 2.27. The molecule has 0 spiro atoms. The SMILES string of the molecule is Nc1cc(CN2CCCS2(=O)=O)ccn1. The average Bonchev–Trinajstić information content (AvgIpc) is 2.46. The molecule has 0 atom stereocenters. The van der Waals surface area contributed by atoms with Crippen LogP contribution in [0.3, 0.4) is 0 Å². The Bertz CT molecular complexity index is 458. The molecule has 5 nitrogen and oxygen atoms in total. The number of anilines is 1. The van der Waals surface area contributed by atoms with Crippen LogP contribution in [0.2, 0.25) is 0 Å². The molecule has 0 aromatic carbocycles. The molecule has 0 bridgehead atoms. The molecule has 1 aliphatic heterocycles. The second kappa shape index (κ2) is 3.79. The summed E-state index contributed by atoms with van der Waals surface area (Å²) in [5.41, 5.74) is 6.40. The minimum absolute atomic E-state index is 0.258. The largest absolute Gasteiger partial charge is 0.384 e. The molecule has 6 heteroatoms. The van der Waals surface area contributed by atoms with Gasteiger partial charge in [0, 0.05) is 19.3 Å². The van der Waals surface area contributed by atoms with Gasteiger partial charge in [0.05, 0.1) is 5.75 Å². The van der Waals surface area contributed by atoms with E-state index in [1.165, 1.54) is 4.31 Å². The maximum Gasteiger partial charge on any atom is 0.214 e. The summed E-state index contributed by atoms with van der Waals surface area (Å²) in [6.07, 6.45) is 2.30. The van der Waals surface area contributed by atoms with Gasteiger partial charge in [-0.1, -0.05) is 0 Å². The molecule has 0 unspecified atom stereocenters. The van der Waals surface area contributed by atoms with E-state index in [0.717, 1.165) is 5.56 Å². The van der Waals surface area contributed by atoms with E-state index < -0.39 is 10.0 Å². The number of aromatic nitrogens is 1. The molecule has 0 aliphatic carbocycles. The summed E-state index contributed by atoms with van der Waals surface area (Å²) in [6, 6.07) is 3.48. The zero-order chi connectivity index (χ0) is 10.9. The van der Waals surface area contributed by atoms with Crippen molar-refractivity contribution in [2.24, 2.45) is 0 Å². The molecule has 1 saturated heterocycles. The number of nitrogens with two attached hydrogens (primary N) is 1. The number of hydrogen-bond donors (Lipinski definition) is 1. The van der Waals surface area contributed by atoms with E-state index in [1.54, 1.807) is 18.3 Å². The third-order valence-corrected chi connectivity index (χ3v) is 4.31. The highest BCUT2D eigenvalue weighted by Gasteiger charge is 2.27. The molecule has 0 radical (unpaired) electrons. The topological polar surface area (TPSA) is 76.3 Å². The Morgan fingerprint density at radius 2 is 2.33 bits per heavy atom. The lowest BCUT2D eigenvalue weighted by molar-refractivity contribution is 0.439. The van der Waals surface area contributed by atoms with Crippen LogP contribution >= 0.6 is 0 Å². The normalized spacial score (nSPS) is 20.5. The van der Waals surface area contributed by atoms with E-state index in [-0.39, 0.29) is 5.75 Å². The fourth-order valence-electron chi connectivity index (χ4n) is 1.67. The van der Waals surface area contributed by atoms with Crippen LogP contribution in [-0.2, 0) is 16.6 Å². The van der Waals surface area contributed by atoms with Crippen molar-refractivity contribution in [2.75, 3.05) is 18.0 Å². The molecular weight excluding hydrogens is 214 g/mol. The number of rotatable bonds is 2. The van der Waals surface area contributed by atoms with Crippen molar-refractivity contribution in [3.8, 4) is 0 Å². The van der Waals surface area contributed by atoms with Gasteiger partial charge < -0.3 is 5.73 Å². The van der Waals surface area contributed by atoms with Crippen LogP contribution in [0.4, 0.5) is 5.82 Å². The second-order valence-corrected chi connectivity index (χ2v) is 5.68. The highest BCUT2D eigenvalue weighted by atomic mass is 32.2. The number of pyridine rings is 1. The molecule has 15 heavy (non-hydrogen) atoms. The smallest absolute Gasteiger partial charge is 0.214 e. The van der Waals surface area contributed by atoms with Crippen molar-refractivity contribution in [3.05, 3.63) is 23.9 Å². The van der Waals surface area contributed by atoms with Gasteiger partial charge >= 0.3 is 0 Å². The second-order valence-electron chi connectivity index (χ2n) is 3.59. The van der Waals surface area contributed by atoms with Crippen molar-refractivity contribution < 1.29 is 8.42 Å². The summed E-state index contributed by atoms with van der Waals surface area (Å²) in [4.78, 5) is 3.86. The Hall–Kier alpha value is -1.14. The fourth-order valence-corrected chi connectivity index (χ4v) is 3.17. The monoisotopic (exact) mass is 227 g/mol. The first kappa shape index (κ1) is 10.4. The maximum absolute atomic E-state index is 11.5. The highest BCUT2D eigenvalue weighted by molar-refractivity contribution is 7.89. The molecule has 2 rings (SSSR count). The number of sulfonamides is 1. The first-order valence-corrected chi connectivity index (χ1v) is 6.37. The third-order valence-electron chi connectivity index (χ3n) is 2.41. The lowest BCUT2D eigenvalue weighted by atomic mass is 10.2. The van der Waals surface area contributed by atoms with Crippen LogP contribution < -0.4 is 5.73 Å². The minimum atomic E-state index is -3.03. The molecule has 2 heterocycles. The first-order chi connectivity index (χ1) is 7.08. The van der Waals surface area contributed by atoms with Gasteiger partial charge in [0.25, 0.3) is 0 Å². The zero-order valence-corrected chi connectivity index (χ0v) is 9.07. The van der Waals surface area contributed by atoms with Crippen LogP contribution in [0.5, 0.6) is 0 Å². The van der Waals surface area contributed by atoms with Crippen LogP contribution in [0.15, 0.2) is 18.3 Å². The number of hydrogen-bond acceptors (Lipinski definition) is 4. The Labute approximate surface area is 89.0 Å².